The van der Waals surface area contributed by atoms with E-state index in [2.05, 4.69) is 0 Å². The van der Waals surface area contributed by atoms with E-state index in [9.17, 15) is 8.42 Å². The molecule has 3 heteroatoms. The highest BCUT2D eigenvalue weighted by Crippen LogP contribution is 2.08. The maximum atomic E-state index is 12.0. The number of hydrogen-bond donors (Lipinski definition) is 0. The summed E-state index contributed by atoms with van der Waals surface area (Å²) in [6, 6.07) is 19.0. The Balaban J connectivity index is 1.96. The fourth-order valence-corrected chi connectivity index (χ4v) is 3.21. The molecule has 2 rings (SSSR count). The predicted molar refractivity (Wildman–Crippen MR) is 74.1 cm³/mol. The van der Waals surface area contributed by atoms with Gasteiger partial charge in [-0.2, -0.15) is 0 Å². The molecule has 2 aromatic carbocycles. The van der Waals surface area contributed by atoms with Crippen molar-refractivity contribution in [3.8, 4) is 0 Å². The Labute approximate surface area is 108 Å². The van der Waals surface area contributed by atoms with Crippen molar-refractivity contribution in [2.45, 2.75) is 12.2 Å². The third-order valence-corrected chi connectivity index (χ3v) is 4.37. The third kappa shape index (κ3) is 4.00. The molecule has 0 atom stereocenters. The molecule has 0 bridgehead atoms. The van der Waals surface area contributed by atoms with E-state index in [1.54, 1.807) is 0 Å². The molecule has 0 heterocycles. The molecule has 18 heavy (non-hydrogen) atoms. The topological polar surface area (TPSA) is 34.1 Å². The zero-order valence-corrected chi connectivity index (χ0v) is 10.9. The van der Waals surface area contributed by atoms with Gasteiger partial charge in [-0.25, -0.2) is 8.42 Å². The van der Waals surface area contributed by atoms with E-state index >= 15 is 0 Å². The monoisotopic (exact) mass is 260 g/mol. The Bertz CT molecular complexity index is 574. The average molecular weight is 260 g/mol. The van der Waals surface area contributed by atoms with Crippen LogP contribution in [0.3, 0.4) is 0 Å². The number of sulfone groups is 1. The van der Waals surface area contributed by atoms with Crippen LogP contribution in [0.25, 0.3) is 0 Å². The van der Waals surface area contributed by atoms with E-state index in [-0.39, 0.29) is 11.5 Å². The van der Waals surface area contributed by atoms with E-state index < -0.39 is 9.84 Å². The smallest absolute Gasteiger partial charge is 0.154 e. The molecule has 0 aliphatic rings. The van der Waals surface area contributed by atoms with Crippen LogP contribution in [0.15, 0.2) is 60.7 Å². The van der Waals surface area contributed by atoms with E-state index in [1.165, 1.54) is 0 Å². The lowest BCUT2D eigenvalue weighted by Crippen LogP contribution is -2.11. The molecule has 0 aliphatic heterocycles. The van der Waals surface area contributed by atoms with Crippen molar-refractivity contribution in [1.82, 2.24) is 0 Å². The van der Waals surface area contributed by atoms with Crippen LogP contribution in [0.4, 0.5) is 0 Å². The quantitative estimate of drug-likeness (QED) is 0.828. The highest BCUT2D eigenvalue weighted by Gasteiger charge is 2.11. The summed E-state index contributed by atoms with van der Waals surface area (Å²) in [7, 11) is -3.03. The number of benzene rings is 2. The summed E-state index contributed by atoms with van der Waals surface area (Å²) in [6.45, 7) is 0. The molecular weight excluding hydrogens is 244 g/mol. The first-order valence-corrected chi connectivity index (χ1v) is 7.76. The van der Waals surface area contributed by atoms with Crippen LogP contribution in [-0.4, -0.2) is 14.2 Å². The van der Waals surface area contributed by atoms with Crippen molar-refractivity contribution in [3.05, 3.63) is 71.8 Å². The molecule has 0 fully saturated rings. The fourth-order valence-electron chi connectivity index (χ4n) is 1.82. The summed E-state index contributed by atoms with van der Waals surface area (Å²) in [6.07, 6.45) is 0.579. The average Bonchev–Trinajstić information content (AvgIpc) is 2.38. The van der Waals surface area contributed by atoms with E-state index in [0.717, 1.165) is 11.1 Å². The second kappa shape index (κ2) is 5.83. The summed E-state index contributed by atoms with van der Waals surface area (Å²) in [5.41, 5.74) is 1.92. The lowest BCUT2D eigenvalue weighted by Gasteiger charge is -2.04. The summed E-state index contributed by atoms with van der Waals surface area (Å²) < 4.78 is 23.9. The molecule has 0 aromatic heterocycles. The molecule has 0 amide bonds. The van der Waals surface area contributed by atoms with E-state index in [0.29, 0.717) is 6.42 Å². The van der Waals surface area contributed by atoms with Gasteiger partial charge < -0.3 is 0 Å². The third-order valence-electron chi connectivity index (χ3n) is 2.77. The van der Waals surface area contributed by atoms with Crippen LogP contribution in [0.2, 0.25) is 0 Å². The van der Waals surface area contributed by atoms with Crippen molar-refractivity contribution in [2.75, 3.05) is 5.75 Å². The predicted octanol–water partition coefficient (Wildman–Crippen LogP) is 2.84. The van der Waals surface area contributed by atoms with Gasteiger partial charge in [0.2, 0.25) is 0 Å². The van der Waals surface area contributed by atoms with Gasteiger partial charge in [-0.05, 0) is 17.5 Å². The largest absolute Gasteiger partial charge is 0.228 e. The van der Waals surface area contributed by atoms with Crippen molar-refractivity contribution in [2.24, 2.45) is 0 Å². The second-order valence-electron chi connectivity index (χ2n) is 4.31. The number of rotatable bonds is 5. The van der Waals surface area contributed by atoms with Crippen LogP contribution in [0.5, 0.6) is 0 Å². The summed E-state index contributed by atoms with van der Waals surface area (Å²) >= 11 is 0. The van der Waals surface area contributed by atoms with Gasteiger partial charge in [0.15, 0.2) is 9.84 Å². The molecule has 94 valence electrons. The zero-order chi connectivity index (χ0) is 12.8. The first-order valence-electron chi connectivity index (χ1n) is 5.94. The molecule has 0 unspecified atom stereocenters. The molecule has 0 radical (unpaired) electrons. The Morgan fingerprint density at radius 2 is 1.22 bits per heavy atom. The van der Waals surface area contributed by atoms with Crippen molar-refractivity contribution >= 4 is 9.84 Å². The first-order chi connectivity index (χ1) is 8.66. The maximum absolute atomic E-state index is 12.0. The molecule has 0 N–H and O–H groups in total. The van der Waals surface area contributed by atoms with Gasteiger partial charge in [0, 0.05) is 0 Å². The Morgan fingerprint density at radius 1 is 0.722 bits per heavy atom. The summed E-state index contributed by atoms with van der Waals surface area (Å²) in [4.78, 5) is 0. The standard InChI is InChI=1S/C15H16O2S/c16-18(17,13-15-9-5-2-6-10-15)12-11-14-7-3-1-4-8-14/h1-10H,11-13H2. The molecule has 0 spiro atoms. The van der Waals surface area contributed by atoms with Crippen molar-refractivity contribution in [1.29, 1.82) is 0 Å². The second-order valence-corrected chi connectivity index (χ2v) is 6.50. The van der Waals surface area contributed by atoms with E-state index in [4.69, 9.17) is 0 Å². The van der Waals surface area contributed by atoms with Crippen molar-refractivity contribution < 1.29 is 8.42 Å². The van der Waals surface area contributed by atoms with Gasteiger partial charge in [0.05, 0.1) is 11.5 Å². The maximum Gasteiger partial charge on any atom is 0.154 e. The van der Waals surface area contributed by atoms with Gasteiger partial charge in [0.25, 0.3) is 0 Å². The fraction of sp³-hybridized carbons (Fsp3) is 0.200. The van der Waals surface area contributed by atoms with Crippen LogP contribution < -0.4 is 0 Å². The Kier molecular flexibility index (Phi) is 4.15. The highest BCUT2D eigenvalue weighted by molar-refractivity contribution is 7.90. The van der Waals surface area contributed by atoms with E-state index in [1.807, 2.05) is 60.7 Å². The minimum Gasteiger partial charge on any atom is -0.228 e. The van der Waals surface area contributed by atoms with Gasteiger partial charge >= 0.3 is 0 Å². The first kappa shape index (κ1) is 12.8. The molecule has 2 aromatic rings. The molecule has 2 nitrogen and oxygen atoms in total. The SMILES string of the molecule is O=S(=O)(CCc1ccccc1)Cc1ccccc1. The number of aryl methyl sites for hydroxylation is 1. The summed E-state index contributed by atoms with van der Waals surface area (Å²) in [5.74, 6) is 0.326. The molecular formula is C15H16O2S. The minimum absolute atomic E-state index is 0.126. The highest BCUT2D eigenvalue weighted by atomic mass is 32.2. The summed E-state index contributed by atoms with van der Waals surface area (Å²) in [5, 5.41) is 0. The van der Waals surface area contributed by atoms with Gasteiger partial charge in [-0.1, -0.05) is 60.7 Å². The number of hydrogen-bond acceptors (Lipinski definition) is 2. The lowest BCUT2D eigenvalue weighted by molar-refractivity contribution is 0.594. The minimum atomic E-state index is -3.03. The normalized spacial score (nSPS) is 11.3. The van der Waals surface area contributed by atoms with Crippen molar-refractivity contribution in [3.63, 3.8) is 0 Å². The Morgan fingerprint density at radius 3 is 1.78 bits per heavy atom. The van der Waals surface area contributed by atoms with Gasteiger partial charge in [-0.3, -0.25) is 0 Å². The molecule has 0 saturated heterocycles. The van der Waals surface area contributed by atoms with Gasteiger partial charge in [-0.15, -0.1) is 0 Å². The molecule has 0 saturated carbocycles. The van der Waals surface area contributed by atoms with Gasteiger partial charge in [0.1, 0.15) is 0 Å². The lowest BCUT2D eigenvalue weighted by atomic mass is 10.2. The van der Waals surface area contributed by atoms with Crippen LogP contribution in [0.1, 0.15) is 11.1 Å². The van der Waals surface area contributed by atoms with Crippen LogP contribution in [-0.2, 0) is 22.0 Å². The van der Waals surface area contributed by atoms with Crippen LogP contribution >= 0.6 is 0 Å². The zero-order valence-electron chi connectivity index (χ0n) is 10.1. The van der Waals surface area contributed by atoms with Crippen LogP contribution in [0, 0.1) is 0 Å². The molecule has 0 aliphatic carbocycles. The Hall–Kier alpha value is -1.61.